The first-order valence-corrected chi connectivity index (χ1v) is 8.82. The molecular weight excluding hydrogens is 318 g/mol. The maximum absolute atomic E-state index is 12.5. The van der Waals surface area contributed by atoms with E-state index >= 15 is 0 Å². The minimum atomic E-state index is -0.0999. The molecule has 0 spiro atoms. The van der Waals surface area contributed by atoms with Crippen molar-refractivity contribution in [1.82, 2.24) is 19.7 Å². The standard InChI is InChI=1S/C18H25N5O2/c24-11-10-22(13-15-4-3-8-19-12-15)14-18(25)21-17-7-9-20-23(17)16-5-1-2-6-16/h3-4,7-9,12,16,24H,1-2,5-6,10-11,13-14H2,(H,21,25). The summed E-state index contributed by atoms with van der Waals surface area (Å²) in [6.07, 6.45) is 9.88. The van der Waals surface area contributed by atoms with E-state index in [9.17, 15) is 9.90 Å². The zero-order chi connectivity index (χ0) is 17.5. The number of amides is 1. The first kappa shape index (κ1) is 17.6. The smallest absolute Gasteiger partial charge is 0.239 e. The fourth-order valence-electron chi connectivity index (χ4n) is 3.34. The van der Waals surface area contributed by atoms with Crippen LogP contribution in [0.1, 0.15) is 37.3 Å². The van der Waals surface area contributed by atoms with Crippen LogP contribution < -0.4 is 5.32 Å². The molecule has 2 aromatic rings. The van der Waals surface area contributed by atoms with Crippen LogP contribution in [0.2, 0.25) is 0 Å². The maximum atomic E-state index is 12.5. The summed E-state index contributed by atoms with van der Waals surface area (Å²) in [5.74, 6) is 0.652. The van der Waals surface area contributed by atoms with Gasteiger partial charge in [-0.3, -0.25) is 14.7 Å². The Morgan fingerprint density at radius 1 is 1.32 bits per heavy atom. The first-order valence-electron chi connectivity index (χ1n) is 8.82. The normalized spacial score (nSPS) is 15.0. The number of anilines is 1. The van der Waals surface area contributed by atoms with Crippen LogP contribution in [0.15, 0.2) is 36.8 Å². The van der Waals surface area contributed by atoms with Gasteiger partial charge in [-0.1, -0.05) is 18.9 Å². The summed E-state index contributed by atoms with van der Waals surface area (Å²) in [5.41, 5.74) is 1.01. The van der Waals surface area contributed by atoms with Crippen molar-refractivity contribution in [2.45, 2.75) is 38.3 Å². The Morgan fingerprint density at radius 2 is 2.16 bits per heavy atom. The summed E-state index contributed by atoms with van der Waals surface area (Å²) in [6.45, 7) is 1.23. The molecule has 2 N–H and O–H groups in total. The van der Waals surface area contributed by atoms with Gasteiger partial charge in [0, 0.05) is 31.5 Å². The number of pyridine rings is 1. The largest absolute Gasteiger partial charge is 0.395 e. The second kappa shape index (κ2) is 8.73. The second-order valence-electron chi connectivity index (χ2n) is 6.44. The average molecular weight is 343 g/mol. The molecule has 2 aromatic heterocycles. The lowest BCUT2D eigenvalue weighted by Gasteiger charge is -2.21. The monoisotopic (exact) mass is 343 g/mol. The third-order valence-electron chi connectivity index (χ3n) is 4.52. The lowest BCUT2D eigenvalue weighted by atomic mass is 10.2. The van der Waals surface area contributed by atoms with E-state index in [0.717, 1.165) is 24.2 Å². The topological polar surface area (TPSA) is 83.3 Å². The molecule has 0 radical (unpaired) electrons. The van der Waals surface area contributed by atoms with Gasteiger partial charge in [0.05, 0.1) is 25.4 Å². The van der Waals surface area contributed by atoms with Gasteiger partial charge in [0.2, 0.25) is 5.91 Å². The summed E-state index contributed by atoms with van der Waals surface area (Å²) >= 11 is 0. The number of aromatic nitrogens is 3. The number of aliphatic hydroxyl groups is 1. The van der Waals surface area contributed by atoms with Gasteiger partial charge >= 0.3 is 0 Å². The highest BCUT2D eigenvalue weighted by Crippen LogP contribution is 2.31. The van der Waals surface area contributed by atoms with Crippen LogP contribution in [0.5, 0.6) is 0 Å². The third-order valence-corrected chi connectivity index (χ3v) is 4.52. The molecule has 1 aliphatic carbocycles. The Hall–Kier alpha value is -2.25. The molecule has 0 aliphatic heterocycles. The van der Waals surface area contributed by atoms with Crippen molar-refractivity contribution < 1.29 is 9.90 Å². The van der Waals surface area contributed by atoms with Crippen molar-refractivity contribution >= 4 is 11.7 Å². The lowest BCUT2D eigenvalue weighted by molar-refractivity contribution is -0.117. The average Bonchev–Trinajstić information content (AvgIpc) is 3.27. The Bertz CT molecular complexity index is 667. The molecule has 7 nitrogen and oxygen atoms in total. The Kier molecular flexibility index (Phi) is 6.14. The summed E-state index contributed by atoms with van der Waals surface area (Å²) in [6, 6.07) is 6.06. The minimum absolute atomic E-state index is 0.00749. The van der Waals surface area contributed by atoms with Crippen molar-refractivity contribution in [1.29, 1.82) is 0 Å². The van der Waals surface area contributed by atoms with Gasteiger partial charge in [-0.15, -0.1) is 0 Å². The zero-order valence-electron chi connectivity index (χ0n) is 14.3. The summed E-state index contributed by atoms with van der Waals surface area (Å²) < 4.78 is 1.93. The Balaban J connectivity index is 1.59. The molecule has 134 valence electrons. The van der Waals surface area contributed by atoms with E-state index < -0.39 is 0 Å². The van der Waals surface area contributed by atoms with Gasteiger partial charge in [0.1, 0.15) is 5.82 Å². The number of carbonyl (C=O) groups excluding carboxylic acids is 1. The fraction of sp³-hybridized carbons (Fsp3) is 0.500. The molecule has 3 rings (SSSR count). The Labute approximate surface area is 147 Å². The number of carbonyl (C=O) groups is 1. The second-order valence-corrected chi connectivity index (χ2v) is 6.44. The maximum Gasteiger partial charge on any atom is 0.239 e. The number of nitrogens with one attached hydrogen (secondary N) is 1. The highest BCUT2D eigenvalue weighted by atomic mass is 16.3. The molecule has 1 saturated carbocycles. The number of hydrogen-bond acceptors (Lipinski definition) is 5. The molecule has 1 fully saturated rings. The van der Waals surface area contributed by atoms with E-state index in [2.05, 4.69) is 15.4 Å². The molecule has 0 bridgehead atoms. The number of rotatable bonds is 8. The molecule has 0 unspecified atom stereocenters. The van der Waals surface area contributed by atoms with E-state index in [1.165, 1.54) is 12.8 Å². The number of hydrogen-bond donors (Lipinski definition) is 2. The SMILES string of the molecule is O=C(CN(CCO)Cc1cccnc1)Nc1ccnn1C1CCCC1. The lowest BCUT2D eigenvalue weighted by Crippen LogP contribution is -2.35. The quantitative estimate of drug-likeness (QED) is 0.764. The summed E-state index contributed by atoms with van der Waals surface area (Å²) in [4.78, 5) is 18.5. The van der Waals surface area contributed by atoms with Gasteiger partial charge < -0.3 is 10.4 Å². The van der Waals surface area contributed by atoms with E-state index in [1.807, 2.05) is 27.8 Å². The van der Waals surface area contributed by atoms with Gasteiger partial charge in [0.25, 0.3) is 0 Å². The van der Waals surface area contributed by atoms with E-state index in [4.69, 9.17) is 0 Å². The van der Waals surface area contributed by atoms with Crippen LogP contribution in [0.4, 0.5) is 5.82 Å². The molecule has 0 aromatic carbocycles. The predicted octanol–water partition coefficient (Wildman–Crippen LogP) is 1.83. The van der Waals surface area contributed by atoms with E-state index in [-0.39, 0.29) is 19.1 Å². The van der Waals surface area contributed by atoms with E-state index in [0.29, 0.717) is 19.1 Å². The van der Waals surface area contributed by atoms with E-state index in [1.54, 1.807) is 18.6 Å². The summed E-state index contributed by atoms with van der Waals surface area (Å²) in [7, 11) is 0. The fourth-order valence-corrected chi connectivity index (χ4v) is 3.34. The van der Waals surface area contributed by atoms with Gasteiger partial charge in [0.15, 0.2) is 0 Å². The molecule has 0 atom stereocenters. The zero-order valence-corrected chi connectivity index (χ0v) is 14.3. The van der Waals surface area contributed by atoms with Crippen molar-refractivity contribution in [3.05, 3.63) is 42.4 Å². The number of aliphatic hydroxyl groups excluding tert-OH is 1. The molecule has 0 saturated heterocycles. The van der Waals surface area contributed by atoms with Crippen molar-refractivity contribution in [3.8, 4) is 0 Å². The van der Waals surface area contributed by atoms with Crippen LogP contribution in [-0.2, 0) is 11.3 Å². The minimum Gasteiger partial charge on any atom is -0.395 e. The highest BCUT2D eigenvalue weighted by Gasteiger charge is 2.21. The molecule has 7 heteroatoms. The van der Waals surface area contributed by atoms with Crippen LogP contribution in [-0.4, -0.2) is 50.4 Å². The number of nitrogens with zero attached hydrogens (tertiary/aromatic N) is 4. The molecule has 2 heterocycles. The molecular formula is C18H25N5O2. The Morgan fingerprint density at radius 3 is 2.88 bits per heavy atom. The summed E-state index contributed by atoms with van der Waals surface area (Å²) in [5, 5.41) is 16.6. The van der Waals surface area contributed by atoms with Crippen LogP contribution in [0.25, 0.3) is 0 Å². The van der Waals surface area contributed by atoms with Crippen LogP contribution >= 0.6 is 0 Å². The van der Waals surface area contributed by atoms with Crippen molar-refractivity contribution in [3.63, 3.8) is 0 Å². The van der Waals surface area contributed by atoms with Gasteiger partial charge in [-0.2, -0.15) is 5.10 Å². The van der Waals surface area contributed by atoms with Gasteiger partial charge in [-0.05, 0) is 24.5 Å². The predicted molar refractivity (Wildman–Crippen MR) is 95.0 cm³/mol. The van der Waals surface area contributed by atoms with Crippen LogP contribution in [0.3, 0.4) is 0 Å². The molecule has 25 heavy (non-hydrogen) atoms. The molecule has 1 aliphatic rings. The van der Waals surface area contributed by atoms with Crippen molar-refractivity contribution in [2.24, 2.45) is 0 Å². The third kappa shape index (κ3) is 4.87. The first-order chi connectivity index (χ1) is 12.3. The highest BCUT2D eigenvalue weighted by molar-refractivity contribution is 5.91. The van der Waals surface area contributed by atoms with Gasteiger partial charge in [-0.25, -0.2) is 4.68 Å². The van der Waals surface area contributed by atoms with Crippen molar-refractivity contribution in [2.75, 3.05) is 25.0 Å². The molecule has 1 amide bonds. The van der Waals surface area contributed by atoms with Crippen LogP contribution in [0, 0.1) is 0 Å².